The number of nitro benzene ring substituents is 1. The van der Waals surface area contributed by atoms with E-state index in [9.17, 15) is 28.1 Å². The lowest BCUT2D eigenvalue weighted by Gasteiger charge is -2.15. The fraction of sp³-hybridized carbons (Fsp3) is 0.417. The average molecular weight is 306 g/mol. The molecule has 21 heavy (non-hydrogen) atoms. The lowest BCUT2D eigenvalue weighted by Crippen LogP contribution is -2.37. The number of nitrogens with one attached hydrogen (secondary N) is 1. The fourth-order valence-electron chi connectivity index (χ4n) is 1.56. The molecule has 6 nitrogen and oxygen atoms in total. The zero-order valence-corrected chi connectivity index (χ0v) is 11.0. The minimum atomic E-state index is -4.80. The predicted molar refractivity (Wildman–Crippen MR) is 66.7 cm³/mol. The Kier molecular flexibility index (Phi) is 5.25. The van der Waals surface area contributed by atoms with Gasteiger partial charge in [0.2, 0.25) is 0 Å². The van der Waals surface area contributed by atoms with Crippen LogP contribution in [0, 0.1) is 10.1 Å². The third kappa shape index (κ3) is 4.42. The maximum absolute atomic E-state index is 12.7. The summed E-state index contributed by atoms with van der Waals surface area (Å²) in [5, 5.41) is 21.9. The first-order valence-electron chi connectivity index (χ1n) is 5.97. The Bertz CT molecular complexity index is 542. The highest BCUT2D eigenvalue weighted by Gasteiger charge is 2.33. The van der Waals surface area contributed by atoms with E-state index in [4.69, 9.17) is 5.11 Å². The van der Waals surface area contributed by atoms with E-state index in [0.717, 1.165) is 6.07 Å². The van der Waals surface area contributed by atoms with Gasteiger partial charge in [0, 0.05) is 17.7 Å². The molecule has 0 fully saturated rings. The fourth-order valence-corrected chi connectivity index (χ4v) is 1.56. The van der Waals surface area contributed by atoms with Crippen molar-refractivity contribution in [2.24, 2.45) is 0 Å². The van der Waals surface area contributed by atoms with Crippen LogP contribution in [0.3, 0.4) is 0 Å². The number of carbonyl (C=O) groups excluding carboxylic acids is 1. The minimum Gasteiger partial charge on any atom is -0.394 e. The van der Waals surface area contributed by atoms with Crippen LogP contribution in [-0.2, 0) is 6.18 Å². The number of aliphatic hydroxyl groups excluding tert-OH is 1. The van der Waals surface area contributed by atoms with E-state index in [0.29, 0.717) is 18.6 Å². The molecule has 0 spiro atoms. The van der Waals surface area contributed by atoms with Gasteiger partial charge >= 0.3 is 6.18 Å². The zero-order chi connectivity index (χ0) is 16.2. The molecule has 2 N–H and O–H groups in total. The molecule has 0 saturated carbocycles. The summed E-state index contributed by atoms with van der Waals surface area (Å²) >= 11 is 0. The van der Waals surface area contributed by atoms with Gasteiger partial charge in [-0.25, -0.2) is 0 Å². The minimum absolute atomic E-state index is 0.361. The Hall–Kier alpha value is -2.16. The molecular weight excluding hydrogens is 293 g/mol. The van der Waals surface area contributed by atoms with Crippen LogP contribution in [0.5, 0.6) is 0 Å². The van der Waals surface area contributed by atoms with Crippen LogP contribution in [0.4, 0.5) is 18.9 Å². The molecule has 0 aliphatic heterocycles. The van der Waals surface area contributed by atoms with E-state index in [1.807, 2.05) is 0 Å². The second-order valence-corrected chi connectivity index (χ2v) is 4.28. The number of nitrogens with zero attached hydrogens (tertiary/aromatic N) is 1. The molecule has 1 aromatic rings. The summed E-state index contributed by atoms with van der Waals surface area (Å²) in [6, 6.07) is 1.02. The average Bonchev–Trinajstić information content (AvgIpc) is 2.42. The van der Waals surface area contributed by atoms with Gasteiger partial charge in [-0.3, -0.25) is 14.9 Å². The van der Waals surface area contributed by atoms with Crippen molar-refractivity contribution in [1.82, 2.24) is 5.32 Å². The number of halogens is 3. The van der Waals surface area contributed by atoms with Crippen molar-refractivity contribution in [2.75, 3.05) is 6.61 Å². The largest absolute Gasteiger partial charge is 0.416 e. The van der Waals surface area contributed by atoms with Crippen LogP contribution < -0.4 is 5.32 Å². The highest BCUT2D eigenvalue weighted by Crippen LogP contribution is 2.32. The third-order valence-electron chi connectivity index (χ3n) is 2.77. The van der Waals surface area contributed by atoms with E-state index >= 15 is 0 Å². The lowest BCUT2D eigenvalue weighted by molar-refractivity contribution is -0.385. The molecule has 1 rings (SSSR count). The number of benzene rings is 1. The number of aliphatic hydroxyl groups is 1. The number of rotatable bonds is 5. The SMILES string of the molecule is CCC(CO)NC(=O)c1cc([N+](=O)[O-])cc(C(F)(F)F)c1. The van der Waals surface area contributed by atoms with Crippen molar-refractivity contribution in [3.63, 3.8) is 0 Å². The van der Waals surface area contributed by atoms with E-state index in [2.05, 4.69) is 5.32 Å². The van der Waals surface area contributed by atoms with E-state index in [-0.39, 0.29) is 6.61 Å². The van der Waals surface area contributed by atoms with Crippen LogP contribution in [0.25, 0.3) is 0 Å². The third-order valence-corrected chi connectivity index (χ3v) is 2.77. The summed E-state index contributed by atoms with van der Waals surface area (Å²) < 4.78 is 38.0. The van der Waals surface area contributed by atoms with Crippen molar-refractivity contribution in [2.45, 2.75) is 25.6 Å². The zero-order valence-electron chi connectivity index (χ0n) is 11.0. The molecule has 1 atom stereocenters. The van der Waals surface area contributed by atoms with Gasteiger partial charge in [0.05, 0.1) is 23.1 Å². The Labute approximate surface area is 117 Å². The number of carbonyl (C=O) groups is 1. The smallest absolute Gasteiger partial charge is 0.394 e. The Morgan fingerprint density at radius 1 is 1.43 bits per heavy atom. The van der Waals surface area contributed by atoms with Crippen LogP contribution >= 0.6 is 0 Å². The van der Waals surface area contributed by atoms with E-state index < -0.39 is 39.9 Å². The van der Waals surface area contributed by atoms with Gasteiger partial charge in [0.25, 0.3) is 11.6 Å². The number of alkyl halides is 3. The second kappa shape index (κ2) is 6.53. The molecule has 0 aliphatic rings. The van der Waals surface area contributed by atoms with Gasteiger partial charge in [0.15, 0.2) is 0 Å². The molecule has 9 heteroatoms. The molecule has 0 heterocycles. The van der Waals surface area contributed by atoms with Gasteiger partial charge in [-0.05, 0) is 12.5 Å². The molecule has 0 radical (unpaired) electrons. The topological polar surface area (TPSA) is 92.5 Å². The van der Waals surface area contributed by atoms with Gasteiger partial charge in [-0.15, -0.1) is 0 Å². The molecule has 0 aromatic heterocycles. The molecule has 0 aliphatic carbocycles. The maximum atomic E-state index is 12.7. The van der Waals surface area contributed by atoms with Gasteiger partial charge in [-0.2, -0.15) is 13.2 Å². The van der Waals surface area contributed by atoms with Crippen LogP contribution in [0.15, 0.2) is 18.2 Å². The molecule has 116 valence electrons. The number of hydrogen-bond donors (Lipinski definition) is 2. The summed E-state index contributed by atoms with van der Waals surface area (Å²) in [7, 11) is 0. The summed E-state index contributed by atoms with van der Waals surface area (Å²) in [6.07, 6.45) is -4.44. The van der Waals surface area contributed by atoms with Gasteiger partial charge in [0.1, 0.15) is 0 Å². The molecular formula is C12H13F3N2O4. The molecule has 1 unspecified atom stereocenters. The van der Waals surface area contributed by atoms with Crippen molar-refractivity contribution in [3.8, 4) is 0 Å². The number of non-ortho nitro benzene ring substituents is 1. The Morgan fingerprint density at radius 2 is 2.05 bits per heavy atom. The summed E-state index contributed by atoms with van der Waals surface area (Å²) in [4.78, 5) is 21.5. The quantitative estimate of drug-likeness (QED) is 0.643. The summed E-state index contributed by atoms with van der Waals surface area (Å²) in [6.45, 7) is 1.28. The van der Waals surface area contributed by atoms with Gasteiger partial charge in [-0.1, -0.05) is 6.92 Å². The van der Waals surface area contributed by atoms with Crippen molar-refractivity contribution in [3.05, 3.63) is 39.4 Å². The van der Waals surface area contributed by atoms with E-state index in [1.165, 1.54) is 0 Å². The predicted octanol–water partition coefficient (Wildman–Crippen LogP) is 2.11. The standard InChI is InChI=1S/C12H13F3N2O4/c1-2-9(6-18)16-11(19)7-3-8(12(13,14)15)5-10(4-7)17(20)21/h3-5,9,18H,2,6H2,1H3,(H,16,19). The molecule has 1 amide bonds. The van der Waals surface area contributed by atoms with Crippen molar-refractivity contribution < 1.29 is 28.0 Å². The van der Waals surface area contributed by atoms with E-state index in [1.54, 1.807) is 6.92 Å². The first-order valence-corrected chi connectivity index (χ1v) is 5.97. The normalized spacial score (nSPS) is 12.8. The first kappa shape index (κ1) is 16.9. The maximum Gasteiger partial charge on any atom is 0.416 e. The van der Waals surface area contributed by atoms with Crippen LogP contribution in [0.1, 0.15) is 29.3 Å². The Morgan fingerprint density at radius 3 is 2.48 bits per heavy atom. The highest BCUT2D eigenvalue weighted by atomic mass is 19.4. The second-order valence-electron chi connectivity index (χ2n) is 4.28. The number of nitro groups is 1. The highest BCUT2D eigenvalue weighted by molar-refractivity contribution is 5.95. The summed E-state index contributed by atoms with van der Waals surface area (Å²) in [5.41, 5.74) is -2.59. The van der Waals surface area contributed by atoms with Crippen molar-refractivity contribution in [1.29, 1.82) is 0 Å². The van der Waals surface area contributed by atoms with Crippen LogP contribution in [0.2, 0.25) is 0 Å². The molecule has 0 saturated heterocycles. The van der Waals surface area contributed by atoms with Crippen LogP contribution in [-0.4, -0.2) is 28.6 Å². The monoisotopic (exact) mass is 306 g/mol. The lowest BCUT2D eigenvalue weighted by atomic mass is 10.1. The number of hydrogen-bond acceptors (Lipinski definition) is 4. The molecule has 1 aromatic carbocycles. The summed E-state index contributed by atoms with van der Waals surface area (Å²) in [5.74, 6) is -0.912. The van der Waals surface area contributed by atoms with Gasteiger partial charge < -0.3 is 10.4 Å². The Balaban J connectivity index is 3.20. The first-order chi connectivity index (χ1) is 9.68. The molecule has 0 bridgehead atoms. The van der Waals surface area contributed by atoms with Crippen molar-refractivity contribution >= 4 is 11.6 Å². The number of amides is 1.